The number of fused-ring (bicyclic) bond motifs is 2. The summed E-state index contributed by atoms with van der Waals surface area (Å²) < 4.78 is 0. The van der Waals surface area contributed by atoms with E-state index in [9.17, 15) is 5.11 Å². The molecule has 82 valence electrons. The van der Waals surface area contributed by atoms with Gasteiger partial charge in [-0.05, 0) is 6.42 Å². The molecule has 1 atom stereocenters. The summed E-state index contributed by atoms with van der Waals surface area (Å²) in [6, 6.07) is 0. The first-order chi connectivity index (χ1) is 6.63. The van der Waals surface area contributed by atoms with Crippen LogP contribution in [0.5, 0.6) is 0 Å². The molecule has 0 spiro atoms. The molecule has 0 aromatic rings. The number of hydrogen-bond acceptors (Lipinski definition) is 3. The van der Waals surface area contributed by atoms with Gasteiger partial charge >= 0.3 is 0 Å². The number of rotatable bonds is 2. The first-order valence-electron chi connectivity index (χ1n) is 5.72. The number of piperidine rings is 2. The Balaban J connectivity index is 2.22. The smallest absolute Gasteiger partial charge is 0.0698 e. The third-order valence-electron chi connectivity index (χ3n) is 4.00. The zero-order chi connectivity index (χ0) is 10.2. The summed E-state index contributed by atoms with van der Waals surface area (Å²) in [6.07, 6.45) is 2.12. The zero-order valence-corrected chi connectivity index (χ0v) is 9.27. The summed E-state index contributed by atoms with van der Waals surface area (Å²) in [5.41, 5.74) is 0.117. The van der Waals surface area contributed by atoms with Gasteiger partial charge in [-0.1, -0.05) is 20.3 Å². The molecule has 2 fully saturated rings. The predicted molar refractivity (Wildman–Crippen MR) is 57.2 cm³/mol. The van der Waals surface area contributed by atoms with Crippen LogP contribution in [0.25, 0.3) is 0 Å². The molecule has 2 rings (SSSR count). The van der Waals surface area contributed by atoms with Gasteiger partial charge in [0.05, 0.1) is 6.10 Å². The van der Waals surface area contributed by atoms with Crippen LogP contribution < -0.4 is 10.6 Å². The normalized spacial score (nSPS) is 47.8. The topological polar surface area (TPSA) is 44.3 Å². The minimum atomic E-state index is -0.141. The fourth-order valence-electron chi connectivity index (χ4n) is 3.26. The van der Waals surface area contributed by atoms with Crippen molar-refractivity contribution in [1.82, 2.24) is 10.6 Å². The molecule has 1 unspecified atom stereocenters. The Hall–Kier alpha value is -0.120. The Morgan fingerprint density at radius 1 is 1.21 bits per heavy atom. The van der Waals surface area contributed by atoms with Crippen LogP contribution in [0, 0.1) is 10.8 Å². The van der Waals surface area contributed by atoms with Crippen LogP contribution in [0.2, 0.25) is 0 Å². The van der Waals surface area contributed by atoms with E-state index in [0.29, 0.717) is 0 Å². The Bertz CT molecular complexity index is 202. The molecule has 3 nitrogen and oxygen atoms in total. The molecular formula is C11H22N2O. The van der Waals surface area contributed by atoms with Gasteiger partial charge in [-0.25, -0.2) is 0 Å². The van der Waals surface area contributed by atoms with Gasteiger partial charge in [-0.2, -0.15) is 0 Å². The van der Waals surface area contributed by atoms with Crippen LogP contribution in [0.15, 0.2) is 0 Å². The summed E-state index contributed by atoms with van der Waals surface area (Å²) in [5, 5.41) is 17.4. The summed E-state index contributed by atoms with van der Waals surface area (Å²) >= 11 is 0. The number of hydrogen-bond donors (Lipinski definition) is 3. The molecule has 2 aliphatic rings. The monoisotopic (exact) mass is 198 g/mol. The van der Waals surface area contributed by atoms with Crippen LogP contribution in [0.1, 0.15) is 26.7 Å². The maximum atomic E-state index is 10.4. The summed E-state index contributed by atoms with van der Waals surface area (Å²) in [5.74, 6) is 0. The second-order valence-corrected chi connectivity index (χ2v) is 5.38. The molecule has 0 aliphatic carbocycles. The Kier molecular flexibility index (Phi) is 2.58. The van der Waals surface area contributed by atoms with Gasteiger partial charge in [0.25, 0.3) is 0 Å². The van der Waals surface area contributed by atoms with Gasteiger partial charge in [0, 0.05) is 37.0 Å². The van der Waals surface area contributed by atoms with E-state index in [0.717, 1.165) is 39.0 Å². The van der Waals surface area contributed by atoms with E-state index in [4.69, 9.17) is 0 Å². The minimum absolute atomic E-state index is 0.0334. The standard InChI is InChI=1S/C11H22N2O/c1-3-4-11-7-12-5-10(2,9(11)14)6-13-8-11/h9,12-14H,3-8H2,1-2H3. The maximum absolute atomic E-state index is 10.4. The molecule has 3 heteroatoms. The molecule has 0 saturated carbocycles. The highest BCUT2D eigenvalue weighted by atomic mass is 16.3. The van der Waals surface area contributed by atoms with E-state index in [1.54, 1.807) is 0 Å². The molecule has 2 aliphatic heterocycles. The summed E-state index contributed by atoms with van der Waals surface area (Å²) in [7, 11) is 0. The fraction of sp³-hybridized carbons (Fsp3) is 1.00. The lowest BCUT2D eigenvalue weighted by atomic mass is 9.62. The molecule has 3 N–H and O–H groups in total. The molecule has 0 aromatic heterocycles. The van der Waals surface area contributed by atoms with Crippen LogP contribution >= 0.6 is 0 Å². The molecule has 0 amide bonds. The van der Waals surface area contributed by atoms with Gasteiger partial charge < -0.3 is 15.7 Å². The summed E-state index contributed by atoms with van der Waals surface area (Å²) in [4.78, 5) is 0. The molecule has 2 heterocycles. The van der Waals surface area contributed by atoms with Crippen molar-refractivity contribution in [3.63, 3.8) is 0 Å². The van der Waals surface area contributed by atoms with Crippen LogP contribution in [-0.2, 0) is 0 Å². The van der Waals surface area contributed by atoms with Crippen LogP contribution in [-0.4, -0.2) is 37.4 Å². The third-order valence-corrected chi connectivity index (χ3v) is 4.00. The largest absolute Gasteiger partial charge is 0.392 e. The van der Waals surface area contributed by atoms with E-state index in [-0.39, 0.29) is 16.9 Å². The van der Waals surface area contributed by atoms with Crippen molar-refractivity contribution < 1.29 is 5.11 Å². The average Bonchev–Trinajstić information content (AvgIpc) is 2.11. The molecule has 2 saturated heterocycles. The van der Waals surface area contributed by atoms with E-state index < -0.39 is 0 Å². The van der Waals surface area contributed by atoms with Crippen LogP contribution in [0.4, 0.5) is 0 Å². The number of aliphatic hydroxyl groups excluding tert-OH is 1. The highest BCUT2D eigenvalue weighted by Crippen LogP contribution is 2.42. The lowest BCUT2D eigenvalue weighted by Gasteiger charge is -2.55. The van der Waals surface area contributed by atoms with Crippen molar-refractivity contribution >= 4 is 0 Å². The van der Waals surface area contributed by atoms with Gasteiger partial charge in [0.1, 0.15) is 0 Å². The van der Waals surface area contributed by atoms with Crippen molar-refractivity contribution in [3.8, 4) is 0 Å². The Morgan fingerprint density at radius 2 is 1.79 bits per heavy atom. The minimum Gasteiger partial charge on any atom is -0.392 e. The van der Waals surface area contributed by atoms with Crippen LogP contribution in [0.3, 0.4) is 0 Å². The predicted octanol–water partition coefficient (Wildman–Crippen LogP) is 0.346. The average molecular weight is 198 g/mol. The highest BCUT2D eigenvalue weighted by molar-refractivity contribution is 5.07. The van der Waals surface area contributed by atoms with Gasteiger partial charge in [0.2, 0.25) is 0 Å². The second kappa shape index (κ2) is 3.47. The van der Waals surface area contributed by atoms with Crippen molar-refractivity contribution in [2.75, 3.05) is 26.2 Å². The lowest BCUT2D eigenvalue weighted by Crippen LogP contribution is -2.69. The highest BCUT2D eigenvalue weighted by Gasteiger charge is 2.52. The Labute approximate surface area is 86.3 Å². The molecule has 2 bridgehead atoms. The van der Waals surface area contributed by atoms with Crippen molar-refractivity contribution in [3.05, 3.63) is 0 Å². The molecule has 0 radical (unpaired) electrons. The van der Waals surface area contributed by atoms with E-state index in [1.807, 2.05) is 0 Å². The first kappa shape index (κ1) is 10.4. The third kappa shape index (κ3) is 1.38. The number of nitrogens with one attached hydrogen (secondary N) is 2. The van der Waals surface area contributed by atoms with Gasteiger partial charge in [-0.15, -0.1) is 0 Å². The van der Waals surface area contributed by atoms with Crippen molar-refractivity contribution in [2.24, 2.45) is 10.8 Å². The second-order valence-electron chi connectivity index (χ2n) is 5.38. The van der Waals surface area contributed by atoms with E-state index in [2.05, 4.69) is 24.5 Å². The maximum Gasteiger partial charge on any atom is 0.0698 e. The molecular weight excluding hydrogens is 176 g/mol. The lowest BCUT2D eigenvalue weighted by molar-refractivity contribution is -0.114. The Morgan fingerprint density at radius 3 is 2.29 bits per heavy atom. The first-order valence-corrected chi connectivity index (χ1v) is 5.72. The quantitative estimate of drug-likeness (QED) is 0.600. The van der Waals surface area contributed by atoms with Gasteiger partial charge in [-0.3, -0.25) is 0 Å². The number of aliphatic hydroxyl groups is 1. The summed E-state index contributed by atoms with van der Waals surface area (Å²) in [6.45, 7) is 8.18. The fourth-order valence-corrected chi connectivity index (χ4v) is 3.26. The molecule has 14 heavy (non-hydrogen) atoms. The van der Waals surface area contributed by atoms with E-state index in [1.165, 1.54) is 0 Å². The van der Waals surface area contributed by atoms with Crippen molar-refractivity contribution in [1.29, 1.82) is 0 Å². The van der Waals surface area contributed by atoms with Gasteiger partial charge in [0.15, 0.2) is 0 Å². The SMILES string of the molecule is CCCC12CNCC(C)(CNC1)C2O. The zero-order valence-electron chi connectivity index (χ0n) is 9.27. The molecule has 0 aromatic carbocycles. The van der Waals surface area contributed by atoms with E-state index >= 15 is 0 Å². The van der Waals surface area contributed by atoms with Crippen molar-refractivity contribution in [2.45, 2.75) is 32.8 Å².